The average Bonchev–Trinajstić information content (AvgIpc) is 3.49. The molecule has 4 amide bonds. The third-order valence-electron chi connectivity index (χ3n) is 5.65. The van der Waals surface area contributed by atoms with Crippen LogP contribution in [0, 0.1) is 5.82 Å². The lowest BCUT2D eigenvalue weighted by molar-refractivity contribution is -0.135. The summed E-state index contributed by atoms with van der Waals surface area (Å²) in [6.45, 7) is 0.576. The normalized spacial score (nSPS) is 16.5. The van der Waals surface area contributed by atoms with E-state index in [-0.39, 0.29) is 33.9 Å². The van der Waals surface area contributed by atoms with Gasteiger partial charge < -0.3 is 19.7 Å². The van der Waals surface area contributed by atoms with Gasteiger partial charge in [-0.1, -0.05) is 11.6 Å². The molecule has 2 aromatic rings. The van der Waals surface area contributed by atoms with Crippen LogP contribution in [0.4, 0.5) is 14.9 Å². The lowest BCUT2D eigenvalue weighted by Gasteiger charge is -2.18. The van der Waals surface area contributed by atoms with Crippen LogP contribution in [0.5, 0.6) is 11.5 Å². The molecule has 2 heterocycles. The molecular weight excluding hydrogens is 525 g/mol. The molecule has 2 fully saturated rings. The Labute approximate surface area is 221 Å². The van der Waals surface area contributed by atoms with Gasteiger partial charge in [0.15, 0.2) is 18.1 Å². The van der Waals surface area contributed by atoms with E-state index in [2.05, 4.69) is 5.32 Å². The Morgan fingerprint density at radius 1 is 1.16 bits per heavy atom. The van der Waals surface area contributed by atoms with E-state index in [1.165, 1.54) is 43.5 Å². The van der Waals surface area contributed by atoms with E-state index in [0.717, 1.165) is 29.5 Å². The van der Waals surface area contributed by atoms with E-state index >= 15 is 0 Å². The molecule has 0 bridgehead atoms. The minimum atomic E-state index is -0.560. The number of nitrogens with zero attached hydrogens (tertiary/aromatic N) is 2. The van der Waals surface area contributed by atoms with Crippen LogP contribution in [-0.2, 0) is 14.4 Å². The van der Waals surface area contributed by atoms with Crippen molar-refractivity contribution in [2.75, 3.05) is 38.7 Å². The highest BCUT2D eigenvalue weighted by atomic mass is 35.5. The van der Waals surface area contributed by atoms with Crippen molar-refractivity contribution in [1.82, 2.24) is 9.80 Å². The van der Waals surface area contributed by atoms with E-state index < -0.39 is 29.5 Å². The highest BCUT2D eigenvalue weighted by Crippen LogP contribution is 2.39. The number of imide groups is 1. The maximum absolute atomic E-state index is 13.0. The third kappa shape index (κ3) is 6.41. The van der Waals surface area contributed by atoms with Crippen LogP contribution >= 0.6 is 23.4 Å². The van der Waals surface area contributed by atoms with Crippen molar-refractivity contribution < 1.29 is 33.0 Å². The Kier molecular flexibility index (Phi) is 8.34. The molecule has 2 aliphatic rings. The first-order valence-corrected chi connectivity index (χ1v) is 12.5. The fourth-order valence-corrected chi connectivity index (χ4v) is 4.93. The topological polar surface area (TPSA) is 105 Å². The van der Waals surface area contributed by atoms with E-state index in [9.17, 15) is 23.6 Å². The fraction of sp³-hybridized carbons (Fsp3) is 0.280. The Morgan fingerprint density at radius 2 is 1.86 bits per heavy atom. The Bertz CT molecular complexity index is 1260. The van der Waals surface area contributed by atoms with Gasteiger partial charge in [0.1, 0.15) is 12.4 Å². The molecule has 12 heteroatoms. The van der Waals surface area contributed by atoms with Gasteiger partial charge in [-0.3, -0.25) is 24.1 Å². The Hall–Kier alpha value is -3.57. The second kappa shape index (κ2) is 11.7. The van der Waals surface area contributed by atoms with Gasteiger partial charge in [-0.15, -0.1) is 0 Å². The van der Waals surface area contributed by atoms with Crippen LogP contribution in [0.3, 0.4) is 0 Å². The van der Waals surface area contributed by atoms with Crippen molar-refractivity contribution in [2.45, 2.75) is 12.8 Å². The number of amides is 4. The number of thioether (sulfide) groups is 1. The molecule has 4 rings (SSSR count). The molecule has 9 nitrogen and oxygen atoms in total. The van der Waals surface area contributed by atoms with Crippen LogP contribution in [-0.4, -0.2) is 66.1 Å². The van der Waals surface area contributed by atoms with Crippen molar-refractivity contribution in [3.8, 4) is 11.5 Å². The molecular formula is C25H23ClFN3O6S. The standard InChI is InChI=1S/C25H23ClFN3O6S/c1-35-19-11-15(10-18(26)23(19)36-14-21(31)28-17-6-4-16(27)5-7-17)12-20-24(33)30(25(34)37-20)13-22(32)29-8-2-3-9-29/h4-7,10-12H,2-3,8-9,13-14H2,1H3,(H,28,31)/b20-12+. The highest BCUT2D eigenvalue weighted by Gasteiger charge is 2.37. The lowest BCUT2D eigenvalue weighted by atomic mass is 10.1. The number of hydrogen-bond donors (Lipinski definition) is 1. The van der Waals surface area contributed by atoms with Crippen molar-refractivity contribution in [3.05, 3.63) is 57.7 Å². The molecule has 0 atom stereocenters. The van der Waals surface area contributed by atoms with Gasteiger partial charge in [0.2, 0.25) is 5.91 Å². The number of hydrogen-bond acceptors (Lipinski definition) is 7. The van der Waals surface area contributed by atoms with Gasteiger partial charge in [-0.2, -0.15) is 0 Å². The maximum Gasteiger partial charge on any atom is 0.294 e. The number of rotatable bonds is 8. The zero-order valence-corrected chi connectivity index (χ0v) is 21.4. The maximum atomic E-state index is 13.0. The molecule has 2 aromatic carbocycles. The van der Waals surface area contributed by atoms with Gasteiger partial charge in [-0.05, 0) is 72.6 Å². The van der Waals surface area contributed by atoms with Crippen LogP contribution in [0.25, 0.3) is 6.08 Å². The van der Waals surface area contributed by atoms with E-state index in [1.54, 1.807) is 11.0 Å². The quantitative estimate of drug-likeness (QED) is 0.495. The molecule has 1 N–H and O–H groups in total. The monoisotopic (exact) mass is 547 g/mol. The van der Waals surface area contributed by atoms with E-state index in [1.807, 2.05) is 0 Å². The van der Waals surface area contributed by atoms with Gasteiger partial charge in [-0.25, -0.2) is 4.39 Å². The number of anilines is 1. The lowest BCUT2D eigenvalue weighted by Crippen LogP contribution is -2.40. The summed E-state index contributed by atoms with van der Waals surface area (Å²) in [6.07, 6.45) is 3.30. The zero-order chi connectivity index (χ0) is 26.5. The molecule has 194 valence electrons. The van der Waals surface area contributed by atoms with Gasteiger partial charge >= 0.3 is 0 Å². The molecule has 2 saturated heterocycles. The number of halogens is 2. The largest absolute Gasteiger partial charge is 0.493 e. The van der Waals surface area contributed by atoms with Gasteiger partial charge in [0, 0.05) is 18.8 Å². The number of nitrogens with one attached hydrogen (secondary N) is 1. The number of carbonyl (C=O) groups excluding carboxylic acids is 4. The summed E-state index contributed by atoms with van der Waals surface area (Å²) in [5, 5.41) is 2.17. The molecule has 37 heavy (non-hydrogen) atoms. The smallest absolute Gasteiger partial charge is 0.294 e. The molecule has 0 unspecified atom stereocenters. The third-order valence-corrected chi connectivity index (χ3v) is 6.84. The summed E-state index contributed by atoms with van der Waals surface area (Å²) in [7, 11) is 1.39. The number of carbonyl (C=O) groups is 4. The number of benzene rings is 2. The van der Waals surface area contributed by atoms with Gasteiger partial charge in [0.25, 0.3) is 17.1 Å². The first kappa shape index (κ1) is 26.5. The average molecular weight is 548 g/mol. The highest BCUT2D eigenvalue weighted by molar-refractivity contribution is 8.18. The predicted octanol–water partition coefficient (Wildman–Crippen LogP) is 4.16. The Balaban J connectivity index is 1.43. The second-order valence-corrected chi connectivity index (χ2v) is 9.63. The summed E-state index contributed by atoms with van der Waals surface area (Å²) in [6, 6.07) is 8.31. The van der Waals surface area contributed by atoms with Crippen LogP contribution in [0.2, 0.25) is 5.02 Å². The van der Waals surface area contributed by atoms with Gasteiger partial charge in [0.05, 0.1) is 17.0 Å². The van der Waals surface area contributed by atoms with E-state index in [0.29, 0.717) is 24.3 Å². The first-order valence-electron chi connectivity index (χ1n) is 11.3. The molecule has 0 aliphatic carbocycles. The summed E-state index contributed by atoms with van der Waals surface area (Å²) < 4.78 is 23.9. The van der Waals surface area contributed by atoms with Crippen LogP contribution in [0.1, 0.15) is 18.4 Å². The zero-order valence-electron chi connectivity index (χ0n) is 19.8. The number of ether oxygens (including phenoxy) is 2. The molecule has 0 radical (unpaired) electrons. The van der Waals surface area contributed by atoms with E-state index in [4.69, 9.17) is 21.1 Å². The number of likely N-dealkylation sites (tertiary alicyclic amines) is 1. The van der Waals surface area contributed by atoms with Crippen LogP contribution in [0.15, 0.2) is 41.3 Å². The number of methoxy groups -OCH3 is 1. The van der Waals surface area contributed by atoms with Crippen molar-refractivity contribution in [3.63, 3.8) is 0 Å². The summed E-state index contributed by atoms with van der Waals surface area (Å²) in [5.74, 6) is -1.42. The van der Waals surface area contributed by atoms with Crippen molar-refractivity contribution in [2.24, 2.45) is 0 Å². The predicted molar refractivity (Wildman–Crippen MR) is 137 cm³/mol. The Morgan fingerprint density at radius 3 is 2.54 bits per heavy atom. The summed E-state index contributed by atoms with van der Waals surface area (Å²) >= 11 is 7.11. The van der Waals surface area contributed by atoms with Crippen molar-refractivity contribution in [1.29, 1.82) is 0 Å². The van der Waals surface area contributed by atoms with Crippen molar-refractivity contribution >= 4 is 58.1 Å². The van der Waals surface area contributed by atoms with Crippen LogP contribution < -0.4 is 14.8 Å². The molecule has 0 saturated carbocycles. The SMILES string of the molecule is COc1cc(/C=C2/SC(=O)N(CC(=O)N3CCCC3)C2=O)cc(Cl)c1OCC(=O)Nc1ccc(F)cc1. The molecule has 0 spiro atoms. The summed E-state index contributed by atoms with van der Waals surface area (Å²) in [4.78, 5) is 52.6. The molecule has 0 aromatic heterocycles. The summed E-state index contributed by atoms with van der Waals surface area (Å²) in [5.41, 5.74) is 0.862. The minimum absolute atomic E-state index is 0.111. The minimum Gasteiger partial charge on any atom is -0.493 e. The molecule has 2 aliphatic heterocycles. The fourth-order valence-electron chi connectivity index (χ4n) is 3.82. The second-order valence-electron chi connectivity index (χ2n) is 8.23. The first-order chi connectivity index (χ1) is 17.7.